The van der Waals surface area contributed by atoms with Crippen LogP contribution in [-0.2, 0) is 0 Å². The van der Waals surface area contributed by atoms with Gasteiger partial charge >= 0.3 is 0 Å². The van der Waals surface area contributed by atoms with Crippen molar-refractivity contribution in [1.82, 2.24) is 0 Å². The Hall–Kier alpha value is -0.0800. The molecule has 60 valence electrons. The van der Waals surface area contributed by atoms with Gasteiger partial charge < -0.3 is 10.2 Å². The predicted molar refractivity (Wildman–Crippen MR) is 39.6 cm³/mol. The monoisotopic (exact) mass is 144 g/mol. The minimum atomic E-state index is 0.308. The number of hydrogen-bond acceptors (Lipinski definition) is 2. The second-order valence-electron chi connectivity index (χ2n) is 3.24. The van der Waals surface area contributed by atoms with Crippen molar-refractivity contribution in [2.75, 3.05) is 13.2 Å². The van der Waals surface area contributed by atoms with Crippen molar-refractivity contribution in [3.63, 3.8) is 0 Å². The van der Waals surface area contributed by atoms with Crippen LogP contribution in [0.5, 0.6) is 0 Å². The lowest BCUT2D eigenvalue weighted by atomic mass is 10.0. The average Bonchev–Trinajstić information content (AvgIpc) is 2.37. The second-order valence-corrected chi connectivity index (χ2v) is 3.24. The molecule has 0 radical (unpaired) electrons. The molecule has 0 bridgehead atoms. The molecule has 2 unspecified atom stereocenters. The summed E-state index contributed by atoms with van der Waals surface area (Å²) < 4.78 is 0. The average molecular weight is 144 g/mol. The Bertz CT molecular complexity index is 93.3. The third-order valence-electron chi connectivity index (χ3n) is 2.45. The van der Waals surface area contributed by atoms with E-state index in [-0.39, 0.29) is 0 Å². The topological polar surface area (TPSA) is 40.5 Å². The number of aliphatic hydroxyl groups is 2. The minimum absolute atomic E-state index is 0.308. The Morgan fingerprint density at radius 1 is 1.10 bits per heavy atom. The van der Waals surface area contributed by atoms with Crippen LogP contribution in [0.1, 0.15) is 25.7 Å². The van der Waals surface area contributed by atoms with Gasteiger partial charge in [0.25, 0.3) is 0 Å². The van der Waals surface area contributed by atoms with E-state index in [1.54, 1.807) is 0 Å². The van der Waals surface area contributed by atoms with E-state index in [1.807, 2.05) is 0 Å². The lowest BCUT2D eigenvalue weighted by molar-refractivity contribution is 0.218. The molecule has 0 aromatic rings. The van der Waals surface area contributed by atoms with Gasteiger partial charge in [0.05, 0.1) is 0 Å². The summed E-state index contributed by atoms with van der Waals surface area (Å²) in [6.45, 7) is 0.644. The zero-order valence-corrected chi connectivity index (χ0v) is 6.29. The van der Waals surface area contributed by atoms with Crippen molar-refractivity contribution < 1.29 is 10.2 Å². The van der Waals surface area contributed by atoms with Gasteiger partial charge in [0.1, 0.15) is 0 Å². The third-order valence-corrected chi connectivity index (χ3v) is 2.45. The molecule has 2 nitrogen and oxygen atoms in total. The minimum Gasteiger partial charge on any atom is -0.396 e. The highest BCUT2D eigenvalue weighted by molar-refractivity contribution is 4.74. The molecule has 0 heterocycles. The first-order valence-electron chi connectivity index (χ1n) is 4.08. The van der Waals surface area contributed by atoms with Crippen molar-refractivity contribution in [3.05, 3.63) is 0 Å². The van der Waals surface area contributed by atoms with Crippen LogP contribution in [0.15, 0.2) is 0 Å². The molecule has 2 heteroatoms. The molecule has 0 saturated heterocycles. The zero-order valence-electron chi connectivity index (χ0n) is 6.29. The Morgan fingerprint density at radius 3 is 2.30 bits per heavy atom. The molecular weight excluding hydrogens is 128 g/mol. The zero-order chi connectivity index (χ0) is 7.40. The van der Waals surface area contributed by atoms with Gasteiger partial charge in [0.15, 0.2) is 0 Å². The Morgan fingerprint density at radius 2 is 1.80 bits per heavy atom. The van der Waals surface area contributed by atoms with Crippen molar-refractivity contribution in [1.29, 1.82) is 0 Å². The van der Waals surface area contributed by atoms with Crippen LogP contribution >= 0.6 is 0 Å². The maximum Gasteiger partial charge on any atom is 0.0459 e. The fourth-order valence-corrected chi connectivity index (χ4v) is 1.79. The predicted octanol–water partition coefficient (Wildman–Crippen LogP) is 0.777. The summed E-state index contributed by atoms with van der Waals surface area (Å²) in [4.78, 5) is 0. The van der Waals surface area contributed by atoms with E-state index in [4.69, 9.17) is 10.2 Å². The summed E-state index contributed by atoms with van der Waals surface area (Å²) >= 11 is 0. The van der Waals surface area contributed by atoms with Gasteiger partial charge in [-0.15, -0.1) is 0 Å². The number of rotatable bonds is 3. The Balaban J connectivity index is 2.15. The summed E-state index contributed by atoms with van der Waals surface area (Å²) in [6, 6.07) is 0. The van der Waals surface area contributed by atoms with E-state index < -0.39 is 0 Å². The largest absolute Gasteiger partial charge is 0.396 e. The van der Waals surface area contributed by atoms with Gasteiger partial charge in [-0.25, -0.2) is 0 Å². The summed E-state index contributed by atoms with van der Waals surface area (Å²) in [6.07, 6.45) is 4.40. The van der Waals surface area contributed by atoms with Crippen LogP contribution < -0.4 is 0 Å². The Labute approximate surface area is 61.9 Å². The van der Waals surface area contributed by atoms with E-state index in [0.29, 0.717) is 25.0 Å². The highest BCUT2D eigenvalue weighted by Gasteiger charge is 2.22. The van der Waals surface area contributed by atoms with E-state index in [1.165, 1.54) is 6.42 Å². The fourth-order valence-electron chi connectivity index (χ4n) is 1.79. The van der Waals surface area contributed by atoms with Crippen LogP contribution in [0.25, 0.3) is 0 Å². The quantitative estimate of drug-likeness (QED) is 0.614. The maximum atomic E-state index is 8.79. The molecule has 10 heavy (non-hydrogen) atoms. The van der Waals surface area contributed by atoms with Crippen molar-refractivity contribution in [2.45, 2.75) is 25.7 Å². The van der Waals surface area contributed by atoms with Crippen LogP contribution in [0.4, 0.5) is 0 Å². The highest BCUT2D eigenvalue weighted by Crippen LogP contribution is 2.32. The standard InChI is InChI=1S/C8H16O2/c9-4-3-7-1-2-8(5-7)6-10/h7-10H,1-6H2. The number of aliphatic hydroxyl groups excluding tert-OH is 2. The molecule has 0 aromatic carbocycles. The summed E-state index contributed by atoms with van der Waals surface area (Å²) in [5.41, 5.74) is 0. The lowest BCUT2D eigenvalue weighted by Gasteiger charge is -2.06. The van der Waals surface area contributed by atoms with Gasteiger partial charge in [0.2, 0.25) is 0 Å². The fraction of sp³-hybridized carbons (Fsp3) is 1.00. The summed E-state index contributed by atoms with van der Waals surface area (Å²) in [7, 11) is 0. The van der Waals surface area contributed by atoms with Crippen LogP contribution in [0.3, 0.4) is 0 Å². The maximum absolute atomic E-state index is 8.79. The molecule has 1 rings (SSSR count). The van der Waals surface area contributed by atoms with E-state index in [2.05, 4.69) is 0 Å². The number of hydrogen-bond donors (Lipinski definition) is 2. The van der Waals surface area contributed by atoms with Gasteiger partial charge in [-0.05, 0) is 31.1 Å². The van der Waals surface area contributed by atoms with E-state index in [0.717, 1.165) is 19.3 Å². The molecule has 1 aliphatic carbocycles. The second kappa shape index (κ2) is 3.94. The SMILES string of the molecule is OCCC1CCC(CO)C1. The first kappa shape index (κ1) is 8.02. The van der Waals surface area contributed by atoms with Gasteiger partial charge in [0, 0.05) is 13.2 Å². The first-order valence-corrected chi connectivity index (χ1v) is 4.08. The molecule has 1 aliphatic rings. The van der Waals surface area contributed by atoms with Gasteiger partial charge in [-0.1, -0.05) is 6.42 Å². The van der Waals surface area contributed by atoms with E-state index >= 15 is 0 Å². The highest BCUT2D eigenvalue weighted by atomic mass is 16.3. The van der Waals surface area contributed by atoms with Crippen LogP contribution in [0, 0.1) is 11.8 Å². The summed E-state index contributed by atoms with van der Waals surface area (Å²) in [5.74, 6) is 1.21. The lowest BCUT2D eigenvalue weighted by Crippen LogP contribution is -2.02. The molecule has 0 aliphatic heterocycles. The van der Waals surface area contributed by atoms with Crippen LogP contribution in [0.2, 0.25) is 0 Å². The van der Waals surface area contributed by atoms with E-state index in [9.17, 15) is 0 Å². The van der Waals surface area contributed by atoms with Gasteiger partial charge in [-0.2, -0.15) is 0 Å². The molecule has 1 saturated carbocycles. The smallest absolute Gasteiger partial charge is 0.0459 e. The molecule has 1 fully saturated rings. The van der Waals surface area contributed by atoms with Gasteiger partial charge in [-0.3, -0.25) is 0 Å². The Kier molecular flexibility index (Phi) is 3.16. The first-order chi connectivity index (χ1) is 4.86. The van der Waals surface area contributed by atoms with Crippen molar-refractivity contribution in [3.8, 4) is 0 Å². The van der Waals surface area contributed by atoms with Crippen LogP contribution in [-0.4, -0.2) is 23.4 Å². The van der Waals surface area contributed by atoms with Crippen molar-refractivity contribution >= 4 is 0 Å². The van der Waals surface area contributed by atoms with Crippen molar-refractivity contribution in [2.24, 2.45) is 11.8 Å². The molecule has 0 aromatic heterocycles. The normalized spacial score (nSPS) is 33.0. The molecular formula is C8H16O2. The molecule has 2 atom stereocenters. The third kappa shape index (κ3) is 1.96. The molecule has 2 N–H and O–H groups in total. The molecule has 0 amide bonds. The molecule has 0 spiro atoms. The summed E-state index contributed by atoms with van der Waals surface area (Å²) in [5, 5.41) is 17.4.